The van der Waals surface area contributed by atoms with Crippen LogP contribution in [0, 0.1) is 0 Å². The third kappa shape index (κ3) is 3.00. The average molecular weight is 292 g/mol. The number of fused-ring (bicyclic) bond motifs is 1. The summed E-state index contributed by atoms with van der Waals surface area (Å²) in [5.41, 5.74) is 8.55. The maximum atomic E-state index is 6.23. The summed E-state index contributed by atoms with van der Waals surface area (Å²) >= 11 is 6.16. The molecular weight excluding hydrogens is 274 g/mol. The quantitative estimate of drug-likeness (QED) is 0.919. The van der Waals surface area contributed by atoms with Crippen LogP contribution in [0.4, 0.5) is 0 Å². The summed E-state index contributed by atoms with van der Waals surface area (Å²) in [6, 6.07) is 7.91. The molecule has 0 fully saturated rings. The van der Waals surface area contributed by atoms with Gasteiger partial charge in [0, 0.05) is 23.9 Å². The molecule has 106 valence electrons. The maximum absolute atomic E-state index is 6.23. The van der Waals surface area contributed by atoms with Crippen molar-refractivity contribution in [2.75, 3.05) is 6.61 Å². The molecule has 0 spiro atoms. The van der Waals surface area contributed by atoms with E-state index in [0.717, 1.165) is 54.4 Å². The van der Waals surface area contributed by atoms with Crippen molar-refractivity contribution >= 4 is 11.6 Å². The van der Waals surface area contributed by atoms with Gasteiger partial charge in [-0.15, -0.1) is 0 Å². The van der Waals surface area contributed by atoms with Gasteiger partial charge in [0.15, 0.2) is 0 Å². The first-order valence-corrected chi connectivity index (χ1v) is 7.32. The van der Waals surface area contributed by atoms with E-state index < -0.39 is 0 Å². The molecule has 3 nitrogen and oxygen atoms in total. The van der Waals surface area contributed by atoms with Gasteiger partial charge in [-0.3, -0.25) is 0 Å². The fourth-order valence-electron chi connectivity index (χ4n) is 2.66. The van der Waals surface area contributed by atoms with E-state index in [4.69, 9.17) is 26.5 Å². The van der Waals surface area contributed by atoms with E-state index in [9.17, 15) is 0 Å². The Bertz CT molecular complexity index is 580. The van der Waals surface area contributed by atoms with Crippen molar-refractivity contribution in [2.45, 2.75) is 31.7 Å². The third-order valence-corrected chi connectivity index (χ3v) is 3.87. The molecule has 0 saturated heterocycles. The monoisotopic (exact) mass is 291 g/mol. The molecule has 1 aromatic carbocycles. The van der Waals surface area contributed by atoms with Gasteiger partial charge in [-0.2, -0.15) is 0 Å². The van der Waals surface area contributed by atoms with Crippen molar-refractivity contribution in [3.8, 4) is 5.75 Å². The molecule has 2 heterocycles. The number of hydrogen-bond donors (Lipinski definition) is 1. The lowest BCUT2D eigenvalue weighted by molar-refractivity contribution is 0.352. The molecule has 1 aliphatic heterocycles. The zero-order valence-electron chi connectivity index (χ0n) is 11.3. The molecule has 0 radical (unpaired) electrons. The highest BCUT2D eigenvalue weighted by atomic mass is 35.5. The number of hydrogen-bond acceptors (Lipinski definition) is 3. The fraction of sp³-hybridized carbons (Fsp3) is 0.375. The Balaban J connectivity index is 1.65. The molecule has 0 aliphatic carbocycles. The highest BCUT2D eigenvalue weighted by Gasteiger charge is 2.19. The molecule has 0 bridgehead atoms. The minimum Gasteiger partial charge on any atom is -0.493 e. The van der Waals surface area contributed by atoms with E-state index >= 15 is 0 Å². The second kappa shape index (κ2) is 5.90. The van der Waals surface area contributed by atoms with Crippen molar-refractivity contribution in [1.29, 1.82) is 0 Å². The van der Waals surface area contributed by atoms with Crippen LogP contribution in [-0.2, 0) is 19.3 Å². The predicted molar refractivity (Wildman–Crippen MR) is 79.4 cm³/mol. The summed E-state index contributed by atoms with van der Waals surface area (Å²) in [4.78, 5) is 0. The van der Waals surface area contributed by atoms with E-state index in [-0.39, 0.29) is 6.04 Å². The first-order valence-electron chi connectivity index (χ1n) is 6.94. The van der Waals surface area contributed by atoms with Gasteiger partial charge >= 0.3 is 0 Å². The van der Waals surface area contributed by atoms with E-state index in [0.29, 0.717) is 0 Å². The standard InChI is InChI=1S/C16H18ClNO2/c17-13-8-11-5-7-20-16(11)12(9-13)10-14(18)3-4-15-2-1-6-19-15/h1-2,6,8-9,14H,3-5,7,10,18H2. The zero-order valence-corrected chi connectivity index (χ0v) is 12.0. The maximum Gasteiger partial charge on any atom is 0.125 e. The van der Waals surface area contributed by atoms with Gasteiger partial charge in [0.05, 0.1) is 12.9 Å². The van der Waals surface area contributed by atoms with E-state index in [1.54, 1.807) is 6.26 Å². The van der Waals surface area contributed by atoms with Crippen molar-refractivity contribution < 1.29 is 9.15 Å². The highest BCUT2D eigenvalue weighted by molar-refractivity contribution is 6.30. The van der Waals surface area contributed by atoms with Crippen molar-refractivity contribution in [3.05, 3.63) is 52.4 Å². The Labute approximate surface area is 123 Å². The number of ether oxygens (including phenoxy) is 1. The first kappa shape index (κ1) is 13.5. The van der Waals surface area contributed by atoms with Crippen LogP contribution in [0.3, 0.4) is 0 Å². The van der Waals surface area contributed by atoms with Gasteiger partial charge in [0.1, 0.15) is 11.5 Å². The number of nitrogens with two attached hydrogens (primary N) is 1. The van der Waals surface area contributed by atoms with Crippen LogP contribution >= 0.6 is 11.6 Å². The van der Waals surface area contributed by atoms with E-state index in [1.807, 2.05) is 24.3 Å². The Morgan fingerprint density at radius 2 is 2.25 bits per heavy atom. The minimum atomic E-state index is 0.0758. The number of benzene rings is 1. The Hall–Kier alpha value is -1.45. The Morgan fingerprint density at radius 1 is 1.35 bits per heavy atom. The molecule has 0 saturated carbocycles. The summed E-state index contributed by atoms with van der Waals surface area (Å²) < 4.78 is 11.0. The molecule has 20 heavy (non-hydrogen) atoms. The molecule has 1 aliphatic rings. The SMILES string of the molecule is NC(CCc1ccco1)Cc1cc(Cl)cc2c1OCC2. The van der Waals surface area contributed by atoms with Crippen molar-refractivity contribution in [1.82, 2.24) is 0 Å². The molecule has 1 unspecified atom stereocenters. The summed E-state index contributed by atoms with van der Waals surface area (Å²) in [5.74, 6) is 1.97. The topological polar surface area (TPSA) is 48.4 Å². The lowest BCUT2D eigenvalue weighted by Crippen LogP contribution is -2.23. The molecular formula is C16H18ClNO2. The third-order valence-electron chi connectivity index (χ3n) is 3.65. The number of rotatable bonds is 5. The second-order valence-corrected chi connectivity index (χ2v) is 5.67. The molecule has 2 N–H and O–H groups in total. The highest BCUT2D eigenvalue weighted by Crippen LogP contribution is 2.33. The fourth-order valence-corrected chi connectivity index (χ4v) is 2.93. The minimum absolute atomic E-state index is 0.0758. The van der Waals surface area contributed by atoms with Crippen LogP contribution in [0.5, 0.6) is 5.75 Å². The van der Waals surface area contributed by atoms with Crippen molar-refractivity contribution in [3.63, 3.8) is 0 Å². The normalized spacial score (nSPS) is 14.9. The number of furan rings is 1. The summed E-state index contributed by atoms with van der Waals surface area (Å²) in [6.45, 7) is 0.740. The van der Waals surface area contributed by atoms with Gasteiger partial charge in [0.2, 0.25) is 0 Å². The van der Waals surface area contributed by atoms with Crippen LogP contribution in [-0.4, -0.2) is 12.6 Å². The molecule has 3 rings (SSSR count). The lowest BCUT2D eigenvalue weighted by Gasteiger charge is -2.14. The van der Waals surface area contributed by atoms with Gasteiger partial charge in [-0.1, -0.05) is 11.6 Å². The molecule has 1 atom stereocenters. The molecule has 1 aromatic heterocycles. The second-order valence-electron chi connectivity index (χ2n) is 5.23. The zero-order chi connectivity index (χ0) is 13.9. The van der Waals surface area contributed by atoms with Crippen LogP contribution in [0.2, 0.25) is 5.02 Å². The number of halogens is 1. The largest absolute Gasteiger partial charge is 0.493 e. The Kier molecular flexibility index (Phi) is 3.99. The van der Waals surface area contributed by atoms with Crippen LogP contribution < -0.4 is 10.5 Å². The first-order chi connectivity index (χ1) is 9.72. The molecule has 2 aromatic rings. The van der Waals surface area contributed by atoms with Gasteiger partial charge in [-0.05, 0) is 48.2 Å². The average Bonchev–Trinajstić information content (AvgIpc) is 3.06. The van der Waals surface area contributed by atoms with Gasteiger partial charge in [0.25, 0.3) is 0 Å². The van der Waals surface area contributed by atoms with E-state index in [2.05, 4.69) is 0 Å². The summed E-state index contributed by atoms with van der Waals surface area (Å²) in [5, 5.41) is 0.766. The summed E-state index contributed by atoms with van der Waals surface area (Å²) in [6.07, 6.45) is 5.15. The summed E-state index contributed by atoms with van der Waals surface area (Å²) in [7, 11) is 0. The Morgan fingerprint density at radius 3 is 3.05 bits per heavy atom. The lowest BCUT2D eigenvalue weighted by atomic mass is 9.99. The van der Waals surface area contributed by atoms with Gasteiger partial charge < -0.3 is 14.9 Å². The van der Waals surface area contributed by atoms with Crippen LogP contribution in [0.15, 0.2) is 34.9 Å². The molecule has 4 heteroatoms. The predicted octanol–water partition coefficient (Wildman–Crippen LogP) is 3.37. The number of aryl methyl sites for hydroxylation is 1. The van der Waals surface area contributed by atoms with Crippen LogP contribution in [0.25, 0.3) is 0 Å². The molecule has 0 amide bonds. The van der Waals surface area contributed by atoms with Crippen LogP contribution in [0.1, 0.15) is 23.3 Å². The van der Waals surface area contributed by atoms with Gasteiger partial charge in [-0.25, -0.2) is 0 Å². The van der Waals surface area contributed by atoms with E-state index in [1.165, 1.54) is 5.56 Å². The smallest absolute Gasteiger partial charge is 0.125 e. The van der Waals surface area contributed by atoms with Crippen molar-refractivity contribution in [2.24, 2.45) is 5.73 Å².